The summed E-state index contributed by atoms with van der Waals surface area (Å²) < 4.78 is 19.9. The van der Waals surface area contributed by atoms with Crippen LogP contribution in [-0.2, 0) is 9.53 Å². The van der Waals surface area contributed by atoms with Gasteiger partial charge in [-0.1, -0.05) is 12.5 Å². The predicted molar refractivity (Wildman–Crippen MR) is 107 cm³/mol. The van der Waals surface area contributed by atoms with Gasteiger partial charge in [-0.3, -0.25) is 14.5 Å². The lowest BCUT2D eigenvalue weighted by Gasteiger charge is -2.41. The molecule has 0 unspecified atom stereocenters. The van der Waals surface area contributed by atoms with Crippen molar-refractivity contribution in [2.45, 2.75) is 56.7 Å². The van der Waals surface area contributed by atoms with Gasteiger partial charge in [0.25, 0.3) is 5.91 Å². The lowest BCUT2D eigenvalue weighted by atomic mass is 9.89. The first-order valence-electron chi connectivity index (χ1n) is 10.8. The van der Waals surface area contributed by atoms with E-state index < -0.39 is 17.6 Å². The molecule has 3 fully saturated rings. The Morgan fingerprint density at radius 1 is 1.14 bits per heavy atom. The van der Waals surface area contributed by atoms with Crippen LogP contribution in [-0.4, -0.2) is 66.2 Å². The number of carbonyl (C=O) groups is 2. The van der Waals surface area contributed by atoms with Crippen LogP contribution in [0.4, 0.5) is 4.39 Å². The largest absolute Gasteiger partial charge is 0.353 e. The average molecular weight is 403 g/mol. The van der Waals surface area contributed by atoms with Crippen LogP contribution < -0.4 is 5.32 Å². The van der Waals surface area contributed by atoms with Gasteiger partial charge in [-0.25, -0.2) is 4.39 Å². The number of carbonyl (C=O) groups excluding carboxylic acids is 2. The molecule has 3 aliphatic rings. The molecule has 2 amide bonds. The lowest BCUT2D eigenvalue weighted by Crippen LogP contribution is -2.56. The molecule has 1 aromatic rings. The highest BCUT2D eigenvalue weighted by molar-refractivity contribution is 5.98. The third-order valence-electron chi connectivity index (χ3n) is 6.41. The molecular formula is C22H30FN3O3. The van der Waals surface area contributed by atoms with E-state index in [1.54, 1.807) is 11.0 Å². The van der Waals surface area contributed by atoms with Gasteiger partial charge in [0.05, 0.1) is 6.61 Å². The van der Waals surface area contributed by atoms with Crippen LogP contribution in [0.3, 0.4) is 0 Å². The van der Waals surface area contributed by atoms with E-state index in [1.165, 1.54) is 31.0 Å². The molecule has 7 heteroatoms. The molecule has 0 radical (unpaired) electrons. The molecule has 0 aromatic heterocycles. The van der Waals surface area contributed by atoms with Crippen molar-refractivity contribution in [1.82, 2.24) is 15.1 Å². The number of ether oxygens (including phenoxy) is 1. The molecule has 0 bridgehead atoms. The normalized spacial score (nSPS) is 24.2. The molecule has 1 aromatic carbocycles. The Morgan fingerprint density at radius 2 is 1.90 bits per heavy atom. The zero-order valence-corrected chi connectivity index (χ0v) is 16.9. The first-order valence-corrected chi connectivity index (χ1v) is 10.8. The second kappa shape index (κ2) is 8.79. The van der Waals surface area contributed by atoms with Crippen LogP contribution >= 0.6 is 0 Å². The van der Waals surface area contributed by atoms with E-state index in [-0.39, 0.29) is 24.0 Å². The number of amides is 2. The summed E-state index contributed by atoms with van der Waals surface area (Å²) in [5, 5.41) is 2.99. The minimum absolute atomic E-state index is 0.184. The van der Waals surface area contributed by atoms with Crippen molar-refractivity contribution in [3.8, 4) is 0 Å². The monoisotopic (exact) mass is 403 g/mol. The Morgan fingerprint density at radius 3 is 2.62 bits per heavy atom. The summed E-state index contributed by atoms with van der Waals surface area (Å²) in [5.74, 6) is -0.972. The van der Waals surface area contributed by atoms with Gasteiger partial charge < -0.3 is 15.0 Å². The van der Waals surface area contributed by atoms with Gasteiger partial charge in [-0.2, -0.15) is 0 Å². The second-order valence-electron chi connectivity index (χ2n) is 8.36. The fraction of sp³-hybridized carbons (Fsp3) is 0.636. The topological polar surface area (TPSA) is 61.9 Å². The zero-order valence-electron chi connectivity index (χ0n) is 16.9. The van der Waals surface area contributed by atoms with Crippen molar-refractivity contribution in [2.24, 2.45) is 0 Å². The van der Waals surface area contributed by atoms with Crippen molar-refractivity contribution in [1.29, 1.82) is 0 Å². The number of halogens is 1. The molecule has 6 nitrogen and oxygen atoms in total. The highest BCUT2D eigenvalue weighted by atomic mass is 19.1. The first kappa shape index (κ1) is 20.3. The van der Waals surface area contributed by atoms with Gasteiger partial charge in [-0.15, -0.1) is 0 Å². The van der Waals surface area contributed by atoms with Crippen molar-refractivity contribution >= 4 is 11.8 Å². The minimum Gasteiger partial charge on any atom is -0.353 e. The predicted octanol–water partition coefficient (Wildman–Crippen LogP) is 2.54. The number of rotatable bonds is 5. The van der Waals surface area contributed by atoms with Crippen LogP contribution in [0, 0.1) is 5.82 Å². The summed E-state index contributed by atoms with van der Waals surface area (Å²) in [7, 11) is 0. The fourth-order valence-electron chi connectivity index (χ4n) is 4.89. The number of nitrogens with one attached hydrogen (secondary N) is 1. The van der Waals surface area contributed by atoms with Gasteiger partial charge in [0.1, 0.15) is 17.6 Å². The second-order valence-corrected chi connectivity index (χ2v) is 8.36. The van der Waals surface area contributed by atoms with Crippen molar-refractivity contribution in [3.05, 3.63) is 35.6 Å². The standard InChI is InChI=1S/C22H30FN3O3/c23-18-8-6-7-17(15-18)21(28)26-19(16-29-22(26)9-2-1-3-10-22)20(27)24-11-14-25-12-4-5-13-25/h6-8,15,19H,1-5,9-14,16H2,(H,24,27)/t19-/m0/s1. The van der Waals surface area contributed by atoms with Crippen LogP contribution in [0.5, 0.6) is 0 Å². The highest BCUT2D eigenvalue weighted by Crippen LogP contribution is 2.41. The third-order valence-corrected chi connectivity index (χ3v) is 6.41. The van der Waals surface area contributed by atoms with Gasteiger partial charge in [0.15, 0.2) is 0 Å². The van der Waals surface area contributed by atoms with Crippen LogP contribution in [0.15, 0.2) is 24.3 Å². The average Bonchev–Trinajstić information content (AvgIpc) is 3.36. The van der Waals surface area contributed by atoms with E-state index in [9.17, 15) is 14.0 Å². The molecule has 1 saturated carbocycles. The van der Waals surface area contributed by atoms with Crippen molar-refractivity contribution in [2.75, 3.05) is 32.8 Å². The molecule has 158 valence electrons. The molecule has 1 aliphatic carbocycles. The van der Waals surface area contributed by atoms with Gasteiger partial charge in [-0.05, 0) is 69.8 Å². The molecule has 1 N–H and O–H groups in total. The molecule has 2 saturated heterocycles. The van der Waals surface area contributed by atoms with Gasteiger partial charge in [0.2, 0.25) is 5.91 Å². The molecular weight excluding hydrogens is 373 g/mol. The summed E-state index contributed by atoms with van der Waals surface area (Å²) in [4.78, 5) is 30.3. The van der Waals surface area contributed by atoms with Crippen molar-refractivity contribution in [3.63, 3.8) is 0 Å². The number of hydrogen-bond acceptors (Lipinski definition) is 4. The Kier molecular flexibility index (Phi) is 6.15. The lowest BCUT2D eigenvalue weighted by molar-refractivity contribution is -0.127. The highest BCUT2D eigenvalue weighted by Gasteiger charge is 2.52. The summed E-state index contributed by atoms with van der Waals surface area (Å²) in [6, 6.07) is 5.00. The quantitative estimate of drug-likeness (QED) is 0.821. The van der Waals surface area contributed by atoms with Crippen LogP contribution in [0.25, 0.3) is 0 Å². The Hall–Kier alpha value is -1.99. The first-order chi connectivity index (χ1) is 14.1. The van der Waals surface area contributed by atoms with E-state index in [4.69, 9.17) is 4.74 Å². The Labute approximate surface area is 171 Å². The number of benzene rings is 1. The minimum atomic E-state index is -0.751. The maximum Gasteiger partial charge on any atom is 0.256 e. The summed E-state index contributed by atoms with van der Waals surface area (Å²) in [6.07, 6.45) is 6.86. The Bertz CT molecular complexity index is 745. The Balaban J connectivity index is 1.50. The number of hydrogen-bond donors (Lipinski definition) is 1. The summed E-state index contributed by atoms with van der Waals surface area (Å²) >= 11 is 0. The molecule has 1 spiro atoms. The SMILES string of the molecule is O=C(NCCN1CCCC1)[C@@H]1COC2(CCCCC2)N1C(=O)c1cccc(F)c1. The molecule has 4 rings (SSSR count). The van der Waals surface area contributed by atoms with E-state index >= 15 is 0 Å². The smallest absolute Gasteiger partial charge is 0.256 e. The van der Waals surface area contributed by atoms with Crippen LogP contribution in [0.1, 0.15) is 55.3 Å². The van der Waals surface area contributed by atoms with E-state index in [0.717, 1.165) is 38.9 Å². The maximum absolute atomic E-state index is 13.7. The zero-order chi connectivity index (χ0) is 20.3. The summed E-state index contributed by atoms with van der Waals surface area (Å²) in [6.45, 7) is 3.73. The van der Waals surface area contributed by atoms with E-state index in [2.05, 4.69) is 10.2 Å². The third kappa shape index (κ3) is 4.31. The van der Waals surface area contributed by atoms with Gasteiger partial charge in [0, 0.05) is 18.7 Å². The molecule has 29 heavy (non-hydrogen) atoms. The molecule has 2 aliphatic heterocycles. The van der Waals surface area contributed by atoms with E-state index in [1.807, 2.05) is 0 Å². The molecule has 2 heterocycles. The van der Waals surface area contributed by atoms with Crippen LogP contribution in [0.2, 0.25) is 0 Å². The van der Waals surface area contributed by atoms with Crippen molar-refractivity contribution < 1.29 is 18.7 Å². The summed E-state index contributed by atoms with van der Waals surface area (Å²) in [5.41, 5.74) is -0.492. The maximum atomic E-state index is 13.7. The number of likely N-dealkylation sites (tertiary alicyclic amines) is 1. The van der Waals surface area contributed by atoms with E-state index in [0.29, 0.717) is 19.4 Å². The number of nitrogens with zero attached hydrogens (tertiary/aromatic N) is 2. The van der Waals surface area contributed by atoms with Gasteiger partial charge >= 0.3 is 0 Å². The molecule has 1 atom stereocenters. The fourth-order valence-corrected chi connectivity index (χ4v) is 4.89.